The molecule has 1 atom stereocenters. The van der Waals surface area contributed by atoms with Crippen molar-refractivity contribution >= 4 is 34.4 Å². The summed E-state index contributed by atoms with van der Waals surface area (Å²) in [6, 6.07) is 4.31. The van der Waals surface area contributed by atoms with Crippen molar-refractivity contribution in [1.29, 1.82) is 0 Å². The number of nitrogens with zero attached hydrogens (tertiary/aromatic N) is 5. The van der Waals surface area contributed by atoms with E-state index < -0.39 is 5.82 Å². The molecule has 1 aliphatic heterocycles. The van der Waals surface area contributed by atoms with Crippen molar-refractivity contribution in [2.24, 2.45) is 0 Å². The predicted octanol–water partition coefficient (Wildman–Crippen LogP) is 3.22. The molecule has 3 aromatic rings. The van der Waals surface area contributed by atoms with Gasteiger partial charge in [0.15, 0.2) is 5.65 Å². The number of benzene rings is 1. The first kappa shape index (κ1) is 18.4. The molecule has 3 heterocycles. The van der Waals surface area contributed by atoms with Crippen molar-refractivity contribution in [2.75, 3.05) is 18.8 Å². The standard InChI is InChI=1S/C19H18ClFN6O/c1-2-15(28)26-7-3-4-12(9-26)27-19-16(18(22)23-10-24-19)17(25-27)11-5-6-14(21)13(20)8-11/h2,5-6,8,10,12H,1,3-4,7,9H2,(H2,22,23,24)/t12-/m1/s1. The molecule has 0 bridgehead atoms. The van der Waals surface area contributed by atoms with Gasteiger partial charge < -0.3 is 10.6 Å². The average molecular weight is 401 g/mol. The maximum atomic E-state index is 13.6. The summed E-state index contributed by atoms with van der Waals surface area (Å²) in [6.07, 6.45) is 4.37. The van der Waals surface area contributed by atoms with E-state index in [9.17, 15) is 9.18 Å². The molecule has 7 nitrogen and oxygen atoms in total. The zero-order valence-electron chi connectivity index (χ0n) is 15.0. The van der Waals surface area contributed by atoms with Crippen LogP contribution >= 0.6 is 11.6 Å². The number of amides is 1. The summed E-state index contributed by atoms with van der Waals surface area (Å²) >= 11 is 5.95. The number of piperidine rings is 1. The number of anilines is 1. The highest BCUT2D eigenvalue weighted by atomic mass is 35.5. The highest BCUT2D eigenvalue weighted by molar-refractivity contribution is 6.31. The number of halogens is 2. The maximum Gasteiger partial charge on any atom is 0.246 e. The topological polar surface area (TPSA) is 89.9 Å². The zero-order valence-corrected chi connectivity index (χ0v) is 15.7. The molecule has 1 saturated heterocycles. The third-order valence-corrected chi connectivity index (χ3v) is 5.23. The first-order valence-electron chi connectivity index (χ1n) is 8.85. The van der Waals surface area contributed by atoms with Crippen LogP contribution in [0.1, 0.15) is 18.9 Å². The molecule has 1 amide bonds. The molecule has 2 aromatic heterocycles. The van der Waals surface area contributed by atoms with Gasteiger partial charge in [0.2, 0.25) is 5.91 Å². The van der Waals surface area contributed by atoms with Crippen LogP contribution in [0.15, 0.2) is 37.2 Å². The van der Waals surface area contributed by atoms with E-state index in [1.54, 1.807) is 15.6 Å². The number of carbonyl (C=O) groups excluding carboxylic acids is 1. The van der Waals surface area contributed by atoms with Crippen LogP contribution in [0, 0.1) is 5.82 Å². The fourth-order valence-corrected chi connectivity index (χ4v) is 3.76. The zero-order chi connectivity index (χ0) is 19.8. The maximum absolute atomic E-state index is 13.6. The first-order valence-corrected chi connectivity index (χ1v) is 9.23. The van der Waals surface area contributed by atoms with Gasteiger partial charge in [0, 0.05) is 18.7 Å². The molecule has 144 valence electrons. The minimum absolute atomic E-state index is 0.00366. The van der Waals surface area contributed by atoms with Gasteiger partial charge in [-0.1, -0.05) is 18.2 Å². The van der Waals surface area contributed by atoms with E-state index in [0.717, 1.165) is 12.8 Å². The smallest absolute Gasteiger partial charge is 0.246 e. The van der Waals surface area contributed by atoms with Crippen LogP contribution in [-0.4, -0.2) is 43.6 Å². The van der Waals surface area contributed by atoms with Crippen LogP contribution in [0.3, 0.4) is 0 Å². The van der Waals surface area contributed by atoms with Crippen LogP contribution in [0.4, 0.5) is 10.2 Å². The van der Waals surface area contributed by atoms with E-state index in [4.69, 9.17) is 22.4 Å². The molecule has 28 heavy (non-hydrogen) atoms. The average Bonchev–Trinajstić information content (AvgIpc) is 3.10. The van der Waals surface area contributed by atoms with Crippen LogP contribution < -0.4 is 5.73 Å². The second kappa shape index (κ2) is 7.20. The van der Waals surface area contributed by atoms with E-state index in [2.05, 4.69) is 16.5 Å². The van der Waals surface area contributed by atoms with Crippen molar-refractivity contribution in [3.63, 3.8) is 0 Å². The number of fused-ring (bicyclic) bond motifs is 1. The lowest BCUT2D eigenvalue weighted by molar-refractivity contribution is -0.127. The van der Waals surface area contributed by atoms with E-state index >= 15 is 0 Å². The number of aromatic nitrogens is 4. The Bertz CT molecular complexity index is 1080. The Hall–Kier alpha value is -3.00. The Balaban J connectivity index is 1.84. The van der Waals surface area contributed by atoms with Crippen LogP contribution in [0.5, 0.6) is 0 Å². The molecular formula is C19H18ClFN6O. The van der Waals surface area contributed by atoms with Gasteiger partial charge in [0.25, 0.3) is 0 Å². The summed E-state index contributed by atoms with van der Waals surface area (Å²) in [5, 5.41) is 5.30. The molecule has 0 saturated carbocycles. The van der Waals surface area contributed by atoms with Crippen LogP contribution in [-0.2, 0) is 4.79 Å². The third-order valence-electron chi connectivity index (χ3n) is 4.94. The van der Waals surface area contributed by atoms with Gasteiger partial charge in [-0.05, 0) is 37.1 Å². The predicted molar refractivity (Wildman–Crippen MR) is 105 cm³/mol. The second-order valence-corrected chi connectivity index (χ2v) is 7.07. The summed E-state index contributed by atoms with van der Waals surface area (Å²) < 4.78 is 15.4. The SMILES string of the molecule is C=CC(=O)N1CCC[C@@H](n2nc(-c3ccc(F)c(Cl)c3)c3c(N)ncnc32)C1. The van der Waals surface area contributed by atoms with E-state index in [-0.39, 0.29) is 22.8 Å². The van der Waals surface area contributed by atoms with Crippen LogP contribution in [0.25, 0.3) is 22.3 Å². The summed E-state index contributed by atoms with van der Waals surface area (Å²) in [5.41, 5.74) is 7.83. The molecule has 0 spiro atoms. The third kappa shape index (κ3) is 3.09. The van der Waals surface area contributed by atoms with Crippen molar-refractivity contribution < 1.29 is 9.18 Å². The van der Waals surface area contributed by atoms with E-state index in [1.165, 1.54) is 24.5 Å². The minimum atomic E-state index is -0.510. The molecule has 1 aromatic carbocycles. The molecule has 9 heteroatoms. The fourth-order valence-electron chi connectivity index (χ4n) is 3.58. The van der Waals surface area contributed by atoms with Gasteiger partial charge in [-0.15, -0.1) is 0 Å². The van der Waals surface area contributed by atoms with Gasteiger partial charge >= 0.3 is 0 Å². The van der Waals surface area contributed by atoms with E-state index in [0.29, 0.717) is 35.4 Å². The number of carbonyl (C=O) groups is 1. The molecular weight excluding hydrogens is 383 g/mol. The molecule has 1 fully saturated rings. The Morgan fingerprint density at radius 3 is 2.96 bits per heavy atom. The summed E-state index contributed by atoms with van der Waals surface area (Å²) in [5.74, 6) is -0.341. The van der Waals surface area contributed by atoms with Crippen LogP contribution in [0.2, 0.25) is 5.02 Å². The summed E-state index contributed by atoms with van der Waals surface area (Å²) in [7, 11) is 0. The van der Waals surface area contributed by atoms with Gasteiger partial charge in [0.05, 0.1) is 16.5 Å². The summed E-state index contributed by atoms with van der Waals surface area (Å²) in [6.45, 7) is 4.73. The van der Waals surface area contributed by atoms with Crippen molar-refractivity contribution in [3.8, 4) is 11.3 Å². The quantitative estimate of drug-likeness (QED) is 0.682. The highest BCUT2D eigenvalue weighted by Gasteiger charge is 2.28. The number of nitrogens with two attached hydrogens (primary N) is 1. The van der Waals surface area contributed by atoms with Gasteiger partial charge in [-0.3, -0.25) is 4.79 Å². The van der Waals surface area contributed by atoms with Crippen molar-refractivity contribution in [1.82, 2.24) is 24.6 Å². The molecule has 0 unspecified atom stereocenters. The number of likely N-dealkylation sites (tertiary alicyclic amines) is 1. The lowest BCUT2D eigenvalue weighted by Gasteiger charge is -2.32. The Kier molecular flexibility index (Phi) is 4.72. The van der Waals surface area contributed by atoms with Gasteiger partial charge in [-0.2, -0.15) is 5.10 Å². The lowest BCUT2D eigenvalue weighted by Crippen LogP contribution is -2.40. The van der Waals surface area contributed by atoms with Gasteiger partial charge in [-0.25, -0.2) is 19.0 Å². The monoisotopic (exact) mass is 400 g/mol. The lowest BCUT2D eigenvalue weighted by atomic mass is 10.1. The number of rotatable bonds is 3. The number of nitrogen functional groups attached to an aromatic ring is 1. The molecule has 1 aliphatic rings. The normalized spacial score (nSPS) is 17.1. The summed E-state index contributed by atoms with van der Waals surface area (Å²) in [4.78, 5) is 22.2. The Morgan fingerprint density at radius 2 is 2.21 bits per heavy atom. The van der Waals surface area contributed by atoms with E-state index in [1.807, 2.05) is 0 Å². The molecule has 0 radical (unpaired) electrons. The van der Waals surface area contributed by atoms with Crippen molar-refractivity contribution in [3.05, 3.63) is 48.0 Å². The largest absolute Gasteiger partial charge is 0.383 e. The number of hydrogen-bond acceptors (Lipinski definition) is 5. The van der Waals surface area contributed by atoms with Gasteiger partial charge in [0.1, 0.15) is 23.7 Å². The second-order valence-electron chi connectivity index (χ2n) is 6.66. The highest BCUT2D eigenvalue weighted by Crippen LogP contribution is 2.35. The van der Waals surface area contributed by atoms with Crippen molar-refractivity contribution in [2.45, 2.75) is 18.9 Å². The molecule has 2 N–H and O–H groups in total. The minimum Gasteiger partial charge on any atom is -0.383 e. The number of hydrogen-bond donors (Lipinski definition) is 1. The Morgan fingerprint density at radius 1 is 1.39 bits per heavy atom. The molecule has 4 rings (SSSR count). The molecule has 0 aliphatic carbocycles. The Labute approximate surface area is 165 Å². The fraction of sp³-hybridized carbons (Fsp3) is 0.263. The first-order chi connectivity index (χ1) is 13.5.